The number of aromatic nitrogens is 3. The second kappa shape index (κ2) is 12.8. The summed E-state index contributed by atoms with van der Waals surface area (Å²) in [6, 6.07) is 56.3. The zero-order valence-corrected chi connectivity index (χ0v) is 31.2. The Morgan fingerprint density at radius 3 is 1.62 bits per heavy atom. The normalized spacial score (nSPS) is 22.3. The van der Waals surface area contributed by atoms with Crippen molar-refractivity contribution in [1.82, 2.24) is 15.0 Å². The molecule has 7 aromatic carbocycles. The highest BCUT2D eigenvalue weighted by Crippen LogP contribution is 2.66. The summed E-state index contributed by atoms with van der Waals surface area (Å²) in [5, 5.41) is 4.72. The molecular weight excluding hydrogens is 681 g/mol. The fourth-order valence-corrected chi connectivity index (χ4v) is 11.2. The maximum absolute atomic E-state index is 7.66. The van der Waals surface area contributed by atoms with Gasteiger partial charge in [-0.15, -0.1) is 0 Å². The predicted octanol–water partition coefficient (Wildman–Crippen LogP) is 13.2. The van der Waals surface area contributed by atoms with Crippen LogP contribution in [-0.4, -0.2) is 15.0 Å². The highest BCUT2D eigenvalue weighted by molar-refractivity contribution is 6.04. The smallest absolute Gasteiger partial charge is 0.194 e. The molecule has 1 aromatic heterocycles. The molecule has 12 rings (SSSR count). The van der Waals surface area contributed by atoms with Crippen molar-refractivity contribution in [3.05, 3.63) is 180 Å². The van der Waals surface area contributed by atoms with Gasteiger partial charge in [0, 0.05) is 16.7 Å². The van der Waals surface area contributed by atoms with Gasteiger partial charge in [-0.25, -0.2) is 19.8 Å². The number of nitrogens with zero attached hydrogens (tertiary/aromatic N) is 4. The summed E-state index contributed by atoms with van der Waals surface area (Å²) < 4.78 is 0. The molecule has 0 N–H and O–H groups in total. The van der Waals surface area contributed by atoms with Crippen LogP contribution in [0, 0.1) is 18.4 Å². The van der Waals surface area contributed by atoms with Gasteiger partial charge in [-0.05, 0) is 111 Å². The molecule has 2 unspecified atom stereocenters. The molecule has 4 fully saturated rings. The van der Waals surface area contributed by atoms with Gasteiger partial charge in [-0.1, -0.05) is 152 Å². The first kappa shape index (κ1) is 32.9. The van der Waals surface area contributed by atoms with Gasteiger partial charge in [0.15, 0.2) is 23.2 Å². The van der Waals surface area contributed by atoms with Crippen LogP contribution in [0.4, 0.5) is 5.69 Å². The van der Waals surface area contributed by atoms with E-state index < -0.39 is 0 Å². The van der Waals surface area contributed by atoms with Crippen molar-refractivity contribution in [2.24, 2.45) is 11.8 Å². The molecule has 4 aliphatic rings. The Morgan fingerprint density at radius 1 is 0.464 bits per heavy atom. The van der Waals surface area contributed by atoms with Gasteiger partial charge < -0.3 is 0 Å². The van der Waals surface area contributed by atoms with Crippen molar-refractivity contribution < 1.29 is 0 Å². The van der Waals surface area contributed by atoms with Gasteiger partial charge in [0.2, 0.25) is 0 Å². The number of benzene rings is 7. The van der Waals surface area contributed by atoms with E-state index in [1.54, 1.807) is 0 Å². The fraction of sp³-hybridized carbons (Fsp3) is 0.192. The van der Waals surface area contributed by atoms with Crippen LogP contribution in [0.25, 0.3) is 71.7 Å². The summed E-state index contributed by atoms with van der Waals surface area (Å²) in [7, 11) is 0. The summed E-state index contributed by atoms with van der Waals surface area (Å²) in [5.41, 5.74) is 9.45. The summed E-state index contributed by atoms with van der Waals surface area (Å²) >= 11 is 0. The standard InChI is InChI=1S/C52H40N4/c1-53-47-17-9-15-45-44(14-8-16-46(45)47)41-19-18-40-28-43(25-22-39(40)27-41)52-31-34-26-35(32-52)30-51(29-34,33-52)42-23-20-38(21-24-42)50-55-48(36-10-4-2-5-11-36)54-49(56-50)37-12-6-3-7-13-37/h2-25,27-28,34-35H,26,29-33H2. The summed E-state index contributed by atoms with van der Waals surface area (Å²) in [6.45, 7) is 7.66. The first-order valence-corrected chi connectivity index (χ1v) is 20.0. The van der Waals surface area contributed by atoms with Crippen LogP contribution < -0.4 is 0 Å². The molecule has 0 amide bonds. The van der Waals surface area contributed by atoms with E-state index in [2.05, 4.69) is 114 Å². The Bertz CT molecular complexity index is 2770. The van der Waals surface area contributed by atoms with Gasteiger partial charge >= 0.3 is 0 Å². The molecule has 4 saturated carbocycles. The zero-order chi connectivity index (χ0) is 37.3. The molecule has 4 nitrogen and oxygen atoms in total. The molecule has 268 valence electrons. The molecule has 4 heteroatoms. The van der Waals surface area contributed by atoms with Gasteiger partial charge in [0.1, 0.15) is 0 Å². The van der Waals surface area contributed by atoms with E-state index >= 15 is 0 Å². The number of hydrogen-bond acceptors (Lipinski definition) is 3. The Hall–Kier alpha value is -6.44. The van der Waals surface area contributed by atoms with Crippen molar-refractivity contribution in [2.45, 2.75) is 49.4 Å². The minimum absolute atomic E-state index is 0.184. The maximum atomic E-state index is 7.66. The first-order chi connectivity index (χ1) is 27.5. The molecule has 0 aliphatic heterocycles. The lowest BCUT2D eigenvalue weighted by Gasteiger charge is -2.63. The first-order valence-electron chi connectivity index (χ1n) is 20.0. The van der Waals surface area contributed by atoms with Crippen molar-refractivity contribution in [1.29, 1.82) is 0 Å². The molecule has 0 saturated heterocycles. The molecule has 4 bridgehead atoms. The third-order valence-electron chi connectivity index (χ3n) is 13.3. The Morgan fingerprint density at radius 2 is 0.982 bits per heavy atom. The predicted molar refractivity (Wildman–Crippen MR) is 227 cm³/mol. The lowest BCUT2D eigenvalue weighted by atomic mass is 9.41. The molecule has 0 spiro atoms. The SMILES string of the molecule is [C-]#[N+]c1cccc2c(-c3ccc4cc(C56CC7CC(CC(c8ccc(-c9nc(-c%10ccccc%10)nc(-c%10ccccc%10)n9)cc8)(C7)C5)C6)ccc4c3)cccc12. The average molecular weight is 721 g/mol. The minimum atomic E-state index is 0.184. The average Bonchev–Trinajstić information content (AvgIpc) is 3.25. The van der Waals surface area contributed by atoms with Crippen molar-refractivity contribution in [3.8, 4) is 45.3 Å². The van der Waals surface area contributed by atoms with E-state index in [4.69, 9.17) is 21.5 Å². The van der Waals surface area contributed by atoms with E-state index in [1.165, 1.54) is 71.6 Å². The van der Waals surface area contributed by atoms with E-state index in [9.17, 15) is 0 Å². The van der Waals surface area contributed by atoms with E-state index in [0.29, 0.717) is 23.2 Å². The minimum Gasteiger partial charge on any atom is -0.238 e. The lowest BCUT2D eigenvalue weighted by molar-refractivity contribution is -0.0280. The van der Waals surface area contributed by atoms with Gasteiger partial charge in [-0.2, -0.15) is 0 Å². The van der Waals surface area contributed by atoms with Crippen molar-refractivity contribution in [3.63, 3.8) is 0 Å². The van der Waals surface area contributed by atoms with Gasteiger partial charge in [0.05, 0.1) is 6.57 Å². The van der Waals surface area contributed by atoms with Crippen LogP contribution in [-0.2, 0) is 10.8 Å². The van der Waals surface area contributed by atoms with Crippen LogP contribution in [0.3, 0.4) is 0 Å². The number of fused-ring (bicyclic) bond motifs is 2. The van der Waals surface area contributed by atoms with Gasteiger partial charge in [0.25, 0.3) is 0 Å². The highest BCUT2D eigenvalue weighted by Gasteiger charge is 2.58. The van der Waals surface area contributed by atoms with Gasteiger partial charge in [-0.3, -0.25) is 0 Å². The van der Waals surface area contributed by atoms with Crippen molar-refractivity contribution >= 4 is 27.2 Å². The molecule has 1 heterocycles. The van der Waals surface area contributed by atoms with Crippen LogP contribution in [0.5, 0.6) is 0 Å². The van der Waals surface area contributed by atoms with Crippen LogP contribution in [0.2, 0.25) is 0 Å². The summed E-state index contributed by atoms with van der Waals surface area (Å²) in [5.74, 6) is 3.60. The van der Waals surface area contributed by atoms with E-state index in [-0.39, 0.29) is 10.8 Å². The maximum Gasteiger partial charge on any atom is 0.194 e. The van der Waals surface area contributed by atoms with E-state index in [1.807, 2.05) is 48.5 Å². The largest absolute Gasteiger partial charge is 0.238 e. The second-order valence-corrected chi connectivity index (χ2v) is 16.7. The molecule has 56 heavy (non-hydrogen) atoms. The summed E-state index contributed by atoms with van der Waals surface area (Å²) in [4.78, 5) is 18.7. The third-order valence-corrected chi connectivity index (χ3v) is 13.3. The van der Waals surface area contributed by atoms with Crippen LogP contribution >= 0.6 is 0 Å². The molecular formula is C52H40N4. The monoisotopic (exact) mass is 720 g/mol. The fourth-order valence-electron chi connectivity index (χ4n) is 11.2. The van der Waals surface area contributed by atoms with E-state index in [0.717, 1.165) is 39.3 Å². The number of hydrogen-bond donors (Lipinski definition) is 0. The molecule has 2 atom stereocenters. The topological polar surface area (TPSA) is 43.0 Å². The quantitative estimate of drug-likeness (QED) is 0.161. The molecule has 8 aromatic rings. The van der Waals surface area contributed by atoms with Crippen LogP contribution in [0.1, 0.15) is 49.7 Å². The Balaban J connectivity index is 0.923. The highest BCUT2D eigenvalue weighted by atomic mass is 15.0. The van der Waals surface area contributed by atoms with Crippen LogP contribution in [0.15, 0.2) is 158 Å². The second-order valence-electron chi connectivity index (χ2n) is 16.7. The number of rotatable bonds is 6. The molecule has 0 radical (unpaired) electrons. The Kier molecular flexibility index (Phi) is 7.54. The summed E-state index contributed by atoms with van der Waals surface area (Å²) in [6.07, 6.45) is 7.72. The molecule has 4 aliphatic carbocycles. The zero-order valence-electron chi connectivity index (χ0n) is 31.2. The third kappa shape index (κ3) is 5.45. The van der Waals surface area contributed by atoms with Crippen molar-refractivity contribution in [2.75, 3.05) is 0 Å². The lowest BCUT2D eigenvalue weighted by Crippen LogP contribution is -2.55. The Labute approximate surface area is 327 Å².